The molecule has 0 heterocycles. The Morgan fingerprint density at radius 1 is 1.41 bits per heavy atom. The van der Waals surface area contributed by atoms with Crippen LogP contribution in [0.1, 0.15) is 18.9 Å². The first-order valence-corrected chi connectivity index (χ1v) is 6.33. The van der Waals surface area contributed by atoms with Crippen LogP contribution in [0.4, 0.5) is 8.78 Å². The maximum atomic E-state index is 12.0. The molecule has 0 unspecified atom stereocenters. The molecule has 2 nitrogen and oxygen atoms in total. The van der Waals surface area contributed by atoms with Crippen LogP contribution in [0.5, 0.6) is 5.75 Å². The Labute approximate surface area is 108 Å². The van der Waals surface area contributed by atoms with E-state index < -0.39 is 13.0 Å². The van der Waals surface area contributed by atoms with E-state index in [0.29, 0.717) is 12.3 Å². The highest BCUT2D eigenvalue weighted by Gasteiger charge is 2.06. The lowest BCUT2D eigenvalue weighted by Crippen LogP contribution is -2.14. The Bertz CT molecular complexity index is 347. The number of ether oxygens (including phenoxy) is 1. The molecule has 17 heavy (non-hydrogen) atoms. The van der Waals surface area contributed by atoms with E-state index >= 15 is 0 Å². The summed E-state index contributed by atoms with van der Waals surface area (Å²) >= 11 is 3.42. The van der Waals surface area contributed by atoms with E-state index in [1.807, 2.05) is 6.07 Å². The minimum atomic E-state index is -2.44. The molecule has 0 spiro atoms. The SMILES string of the molecule is CCCNCc1cc(OCC(F)F)ccc1Br. The molecule has 0 aliphatic heterocycles. The van der Waals surface area contributed by atoms with Crippen LogP contribution in [0, 0.1) is 0 Å². The molecule has 96 valence electrons. The van der Waals surface area contributed by atoms with Gasteiger partial charge in [-0.25, -0.2) is 8.78 Å². The zero-order chi connectivity index (χ0) is 12.7. The number of benzene rings is 1. The third kappa shape index (κ3) is 5.46. The van der Waals surface area contributed by atoms with Crippen molar-refractivity contribution in [1.29, 1.82) is 0 Å². The summed E-state index contributed by atoms with van der Waals surface area (Å²) in [6.07, 6.45) is -1.39. The van der Waals surface area contributed by atoms with Crippen LogP contribution in [0.3, 0.4) is 0 Å². The zero-order valence-corrected chi connectivity index (χ0v) is 11.3. The fraction of sp³-hybridized carbons (Fsp3) is 0.500. The van der Waals surface area contributed by atoms with E-state index in [-0.39, 0.29) is 0 Å². The van der Waals surface area contributed by atoms with Gasteiger partial charge in [0.15, 0.2) is 0 Å². The van der Waals surface area contributed by atoms with Crippen molar-refractivity contribution in [2.45, 2.75) is 26.3 Å². The average Bonchev–Trinajstić information content (AvgIpc) is 2.30. The van der Waals surface area contributed by atoms with E-state index in [0.717, 1.165) is 23.0 Å². The van der Waals surface area contributed by atoms with Crippen LogP contribution in [-0.4, -0.2) is 19.6 Å². The van der Waals surface area contributed by atoms with Crippen molar-refractivity contribution in [2.24, 2.45) is 0 Å². The Morgan fingerprint density at radius 2 is 2.18 bits per heavy atom. The van der Waals surface area contributed by atoms with Gasteiger partial charge < -0.3 is 10.1 Å². The number of hydrogen-bond donors (Lipinski definition) is 1. The van der Waals surface area contributed by atoms with Crippen LogP contribution in [0.2, 0.25) is 0 Å². The van der Waals surface area contributed by atoms with Gasteiger partial charge in [0.05, 0.1) is 0 Å². The van der Waals surface area contributed by atoms with Gasteiger partial charge in [-0.3, -0.25) is 0 Å². The van der Waals surface area contributed by atoms with Crippen LogP contribution in [-0.2, 0) is 6.54 Å². The molecule has 0 aliphatic rings. The third-order valence-corrected chi connectivity index (χ3v) is 2.91. The number of alkyl halides is 2. The first kappa shape index (κ1) is 14.4. The maximum Gasteiger partial charge on any atom is 0.272 e. The molecule has 0 amide bonds. The predicted molar refractivity (Wildman–Crippen MR) is 67.6 cm³/mol. The first-order chi connectivity index (χ1) is 8.13. The van der Waals surface area contributed by atoms with Gasteiger partial charge in [-0.2, -0.15) is 0 Å². The Hall–Kier alpha value is -0.680. The molecule has 0 saturated heterocycles. The minimum absolute atomic E-state index is 0.474. The predicted octanol–water partition coefficient (Wildman–Crippen LogP) is 3.59. The lowest BCUT2D eigenvalue weighted by atomic mass is 10.2. The van der Waals surface area contributed by atoms with E-state index in [4.69, 9.17) is 4.74 Å². The fourth-order valence-electron chi connectivity index (χ4n) is 1.34. The van der Waals surface area contributed by atoms with E-state index in [9.17, 15) is 8.78 Å². The summed E-state index contributed by atoms with van der Waals surface area (Å²) in [4.78, 5) is 0. The molecule has 1 aromatic rings. The lowest BCUT2D eigenvalue weighted by molar-refractivity contribution is 0.0818. The van der Waals surface area contributed by atoms with Gasteiger partial charge in [0.2, 0.25) is 0 Å². The second-order valence-corrected chi connectivity index (χ2v) is 4.49. The maximum absolute atomic E-state index is 12.0. The molecule has 0 atom stereocenters. The van der Waals surface area contributed by atoms with Gasteiger partial charge in [-0.1, -0.05) is 22.9 Å². The van der Waals surface area contributed by atoms with Crippen molar-refractivity contribution in [3.05, 3.63) is 28.2 Å². The molecule has 0 fully saturated rings. The molecular weight excluding hydrogens is 292 g/mol. The highest BCUT2D eigenvalue weighted by atomic mass is 79.9. The summed E-state index contributed by atoms with van der Waals surface area (Å²) in [5.74, 6) is 0.474. The highest BCUT2D eigenvalue weighted by Crippen LogP contribution is 2.22. The summed E-state index contributed by atoms with van der Waals surface area (Å²) in [5, 5.41) is 3.25. The normalized spacial score (nSPS) is 10.9. The van der Waals surface area contributed by atoms with Crippen LogP contribution >= 0.6 is 15.9 Å². The molecule has 1 rings (SSSR count). The molecule has 0 saturated carbocycles. The van der Waals surface area contributed by atoms with Crippen LogP contribution < -0.4 is 10.1 Å². The highest BCUT2D eigenvalue weighted by molar-refractivity contribution is 9.10. The summed E-state index contributed by atoms with van der Waals surface area (Å²) < 4.78 is 29.9. The summed E-state index contributed by atoms with van der Waals surface area (Å²) in [6.45, 7) is 3.14. The molecule has 0 aromatic heterocycles. The average molecular weight is 308 g/mol. The summed E-state index contributed by atoms with van der Waals surface area (Å²) in [7, 11) is 0. The summed E-state index contributed by atoms with van der Waals surface area (Å²) in [5.41, 5.74) is 1.00. The topological polar surface area (TPSA) is 21.3 Å². The smallest absolute Gasteiger partial charge is 0.272 e. The minimum Gasteiger partial charge on any atom is -0.488 e. The molecule has 1 aromatic carbocycles. The quantitative estimate of drug-likeness (QED) is 0.777. The Balaban J connectivity index is 2.59. The van der Waals surface area contributed by atoms with Gasteiger partial charge in [0, 0.05) is 11.0 Å². The molecule has 0 bridgehead atoms. The van der Waals surface area contributed by atoms with Crippen molar-refractivity contribution >= 4 is 15.9 Å². The van der Waals surface area contributed by atoms with E-state index in [2.05, 4.69) is 28.2 Å². The Kier molecular flexibility index (Phi) is 6.44. The van der Waals surface area contributed by atoms with Crippen LogP contribution in [0.15, 0.2) is 22.7 Å². The third-order valence-electron chi connectivity index (χ3n) is 2.14. The number of hydrogen-bond acceptors (Lipinski definition) is 2. The second-order valence-electron chi connectivity index (χ2n) is 3.63. The van der Waals surface area contributed by atoms with E-state index in [1.54, 1.807) is 12.1 Å². The molecule has 5 heteroatoms. The van der Waals surface area contributed by atoms with Gasteiger partial charge in [-0.15, -0.1) is 0 Å². The second kappa shape index (κ2) is 7.61. The summed E-state index contributed by atoms with van der Waals surface area (Å²) in [6, 6.07) is 5.26. The number of halogens is 3. The number of rotatable bonds is 7. The van der Waals surface area contributed by atoms with Gasteiger partial charge in [0.25, 0.3) is 6.43 Å². The van der Waals surface area contributed by atoms with Gasteiger partial charge in [-0.05, 0) is 36.7 Å². The van der Waals surface area contributed by atoms with Crippen molar-refractivity contribution in [1.82, 2.24) is 5.32 Å². The van der Waals surface area contributed by atoms with Crippen molar-refractivity contribution in [3.63, 3.8) is 0 Å². The van der Waals surface area contributed by atoms with Crippen molar-refractivity contribution < 1.29 is 13.5 Å². The van der Waals surface area contributed by atoms with Gasteiger partial charge >= 0.3 is 0 Å². The molecule has 1 N–H and O–H groups in total. The fourth-order valence-corrected chi connectivity index (χ4v) is 1.72. The largest absolute Gasteiger partial charge is 0.488 e. The van der Waals surface area contributed by atoms with E-state index in [1.165, 1.54) is 0 Å². The lowest BCUT2D eigenvalue weighted by Gasteiger charge is -2.10. The van der Waals surface area contributed by atoms with Gasteiger partial charge in [0.1, 0.15) is 12.4 Å². The monoisotopic (exact) mass is 307 g/mol. The standard InChI is InChI=1S/C12H16BrF2NO/c1-2-5-16-7-9-6-10(3-4-11(9)13)17-8-12(14)15/h3-4,6,12,16H,2,5,7-8H2,1H3. The van der Waals surface area contributed by atoms with Crippen LogP contribution in [0.25, 0.3) is 0 Å². The molecular formula is C12H16BrF2NO. The molecule has 0 aliphatic carbocycles. The molecule has 0 radical (unpaired) electrons. The Morgan fingerprint density at radius 3 is 2.82 bits per heavy atom. The van der Waals surface area contributed by atoms with Crippen molar-refractivity contribution in [3.8, 4) is 5.75 Å². The first-order valence-electron chi connectivity index (χ1n) is 5.53. The van der Waals surface area contributed by atoms with Crippen molar-refractivity contribution in [2.75, 3.05) is 13.2 Å². The number of nitrogens with one attached hydrogen (secondary N) is 1. The zero-order valence-electron chi connectivity index (χ0n) is 9.68.